The fourth-order valence-corrected chi connectivity index (χ4v) is 2.86. The summed E-state index contributed by atoms with van der Waals surface area (Å²) in [5, 5.41) is 18.0. The molecule has 0 aliphatic heterocycles. The van der Waals surface area contributed by atoms with Crippen LogP contribution in [0.5, 0.6) is 0 Å². The third kappa shape index (κ3) is 6.91. The number of hydrogen-bond acceptors (Lipinski definition) is 4. The quantitative estimate of drug-likeness (QED) is 0.690. The van der Waals surface area contributed by atoms with Gasteiger partial charge >= 0.3 is 6.03 Å². The number of rotatable bonds is 8. The maximum atomic E-state index is 11.7. The van der Waals surface area contributed by atoms with E-state index >= 15 is 0 Å². The molecule has 1 aromatic rings. The summed E-state index contributed by atoms with van der Waals surface area (Å²) in [6, 6.07) is -0.411. The van der Waals surface area contributed by atoms with Crippen LogP contribution in [0.25, 0.3) is 0 Å². The first kappa shape index (κ1) is 17.9. The maximum Gasteiger partial charge on any atom is 0.315 e. The lowest BCUT2D eigenvalue weighted by atomic mass is 10.0. The average Bonchev–Trinajstić information content (AvgIpc) is 2.86. The number of aliphatic hydroxyl groups is 1. The van der Waals surface area contributed by atoms with Crippen molar-refractivity contribution in [2.45, 2.75) is 52.5 Å². The van der Waals surface area contributed by atoms with Gasteiger partial charge in [-0.05, 0) is 12.3 Å². The molecule has 0 bridgehead atoms. The molecule has 0 aliphatic carbocycles. The summed E-state index contributed by atoms with van der Waals surface area (Å²) in [6.07, 6.45) is 1.50. The Bertz CT molecular complexity index is 432. The lowest BCUT2D eigenvalue weighted by Gasteiger charge is -2.18. The summed E-state index contributed by atoms with van der Waals surface area (Å²) in [6.45, 7) is 8.89. The van der Waals surface area contributed by atoms with Crippen LogP contribution >= 0.6 is 11.3 Å². The Balaban J connectivity index is 2.29. The molecule has 0 spiro atoms. The molecule has 1 heterocycles. The molecule has 5 nitrogen and oxygen atoms in total. The Morgan fingerprint density at radius 2 is 2.10 bits per heavy atom. The number of nitrogens with zero attached hydrogens (tertiary/aromatic N) is 1. The minimum Gasteiger partial charge on any atom is -0.394 e. The smallest absolute Gasteiger partial charge is 0.315 e. The van der Waals surface area contributed by atoms with Gasteiger partial charge in [0, 0.05) is 24.3 Å². The predicted molar refractivity (Wildman–Crippen MR) is 86.8 cm³/mol. The third-order valence-electron chi connectivity index (χ3n) is 3.04. The number of thiazole rings is 1. The van der Waals surface area contributed by atoms with Crippen molar-refractivity contribution in [1.29, 1.82) is 0 Å². The highest BCUT2D eigenvalue weighted by atomic mass is 32.1. The van der Waals surface area contributed by atoms with Gasteiger partial charge in [0.05, 0.1) is 23.4 Å². The Morgan fingerprint density at radius 1 is 1.38 bits per heavy atom. The summed E-state index contributed by atoms with van der Waals surface area (Å²) in [4.78, 5) is 16.3. The van der Waals surface area contributed by atoms with Crippen LogP contribution in [0, 0.1) is 5.92 Å². The van der Waals surface area contributed by atoms with E-state index in [2.05, 4.69) is 43.3 Å². The van der Waals surface area contributed by atoms with Gasteiger partial charge in [-0.25, -0.2) is 9.78 Å². The van der Waals surface area contributed by atoms with Gasteiger partial charge in [-0.3, -0.25) is 0 Å². The number of urea groups is 1. The van der Waals surface area contributed by atoms with Gasteiger partial charge in [-0.15, -0.1) is 11.3 Å². The summed E-state index contributed by atoms with van der Waals surface area (Å²) in [5.41, 5.74) is 1.02. The number of amides is 2. The van der Waals surface area contributed by atoms with Gasteiger partial charge in [0.1, 0.15) is 0 Å². The number of carbonyl (C=O) groups excluding carboxylic acids is 1. The van der Waals surface area contributed by atoms with E-state index < -0.39 is 0 Å². The van der Waals surface area contributed by atoms with Crippen molar-refractivity contribution in [2.24, 2.45) is 5.92 Å². The first-order chi connectivity index (χ1) is 9.92. The van der Waals surface area contributed by atoms with Crippen molar-refractivity contribution in [3.63, 3.8) is 0 Å². The monoisotopic (exact) mass is 313 g/mol. The Morgan fingerprint density at radius 3 is 2.62 bits per heavy atom. The average molecular weight is 313 g/mol. The normalized spacial score (nSPS) is 12.7. The Kier molecular flexibility index (Phi) is 7.67. The van der Waals surface area contributed by atoms with E-state index in [0.29, 0.717) is 18.4 Å². The molecule has 1 unspecified atom stereocenters. The van der Waals surface area contributed by atoms with E-state index in [4.69, 9.17) is 0 Å². The lowest BCUT2D eigenvalue weighted by molar-refractivity contribution is 0.207. The van der Waals surface area contributed by atoms with Crippen molar-refractivity contribution >= 4 is 17.4 Å². The molecule has 1 aromatic heterocycles. The van der Waals surface area contributed by atoms with Crippen molar-refractivity contribution in [3.05, 3.63) is 16.1 Å². The largest absolute Gasteiger partial charge is 0.394 e. The third-order valence-corrected chi connectivity index (χ3v) is 4.24. The molecular formula is C15H27N3O2S. The Hall–Kier alpha value is -1.14. The maximum absolute atomic E-state index is 11.7. The number of hydrogen-bond donors (Lipinski definition) is 3. The van der Waals surface area contributed by atoms with E-state index in [9.17, 15) is 9.90 Å². The molecule has 0 fully saturated rings. The number of aromatic nitrogens is 1. The van der Waals surface area contributed by atoms with Gasteiger partial charge in [0.25, 0.3) is 0 Å². The fourth-order valence-electron chi connectivity index (χ4n) is 1.99. The molecule has 0 saturated heterocycles. The minimum atomic E-state index is -0.228. The summed E-state index contributed by atoms with van der Waals surface area (Å²) >= 11 is 1.67. The molecule has 3 N–H and O–H groups in total. The van der Waals surface area contributed by atoms with Crippen LogP contribution < -0.4 is 10.6 Å². The van der Waals surface area contributed by atoms with E-state index in [1.165, 1.54) is 0 Å². The van der Waals surface area contributed by atoms with Gasteiger partial charge in [0.15, 0.2) is 0 Å². The number of nitrogens with one attached hydrogen (secondary N) is 2. The van der Waals surface area contributed by atoms with Crippen LogP contribution in [-0.4, -0.2) is 35.3 Å². The molecule has 2 amide bonds. The zero-order chi connectivity index (χ0) is 15.8. The first-order valence-corrected chi connectivity index (χ1v) is 8.39. The number of carbonyl (C=O) groups is 1. The van der Waals surface area contributed by atoms with Gasteiger partial charge in [-0.2, -0.15) is 0 Å². The van der Waals surface area contributed by atoms with Crippen LogP contribution in [0.2, 0.25) is 0 Å². The van der Waals surface area contributed by atoms with Crippen molar-refractivity contribution in [1.82, 2.24) is 15.6 Å². The zero-order valence-electron chi connectivity index (χ0n) is 13.3. The summed E-state index contributed by atoms with van der Waals surface area (Å²) in [5.74, 6) is 0.883. The second-order valence-corrected chi connectivity index (χ2v) is 6.88. The highest BCUT2D eigenvalue weighted by Crippen LogP contribution is 2.19. The SMILES string of the molecule is CC(C)CC(CO)NC(=O)NCCc1csc(C(C)C)n1. The minimum absolute atomic E-state index is 0.0323. The van der Waals surface area contributed by atoms with Crippen molar-refractivity contribution in [3.8, 4) is 0 Å². The molecule has 21 heavy (non-hydrogen) atoms. The number of aliphatic hydroxyl groups excluding tert-OH is 1. The van der Waals surface area contributed by atoms with Crippen molar-refractivity contribution < 1.29 is 9.90 Å². The molecule has 6 heteroatoms. The predicted octanol–water partition coefficient (Wildman–Crippen LogP) is 2.52. The van der Waals surface area contributed by atoms with Gasteiger partial charge < -0.3 is 15.7 Å². The topological polar surface area (TPSA) is 74.2 Å². The molecular weight excluding hydrogens is 286 g/mol. The molecule has 1 atom stereocenters. The first-order valence-electron chi connectivity index (χ1n) is 7.51. The van der Waals surface area contributed by atoms with Gasteiger partial charge in [-0.1, -0.05) is 27.7 Å². The Labute approximate surface area is 131 Å². The highest BCUT2D eigenvalue weighted by Gasteiger charge is 2.12. The van der Waals surface area contributed by atoms with Crippen LogP contribution in [0.4, 0.5) is 4.79 Å². The molecule has 120 valence electrons. The molecule has 0 aliphatic rings. The standard InChI is InChI=1S/C15H27N3O2S/c1-10(2)7-13(8-19)18-15(20)16-6-5-12-9-21-14(17-12)11(3)4/h9-11,13,19H,5-8H2,1-4H3,(H2,16,18,20). The second kappa shape index (κ2) is 9.00. The van der Waals surface area contributed by atoms with Crippen LogP contribution in [-0.2, 0) is 6.42 Å². The van der Waals surface area contributed by atoms with Gasteiger partial charge in [0.2, 0.25) is 0 Å². The molecule has 0 radical (unpaired) electrons. The fraction of sp³-hybridized carbons (Fsp3) is 0.733. The second-order valence-electron chi connectivity index (χ2n) is 5.99. The van der Waals surface area contributed by atoms with E-state index in [0.717, 1.165) is 23.5 Å². The van der Waals surface area contributed by atoms with Crippen LogP contribution in [0.15, 0.2) is 5.38 Å². The summed E-state index contributed by atoms with van der Waals surface area (Å²) in [7, 11) is 0. The van der Waals surface area contributed by atoms with Crippen LogP contribution in [0.1, 0.15) is 50.7 Å². The molecule has 0 aromatic carbocycles. The highest BCUT2D eigenvalue weighted by molar-refractivity contribution is 7.09. The van der Waals surface area contributed by atoms with E-state index in [-0.39, 0.29) is 18.7 Å². The molecule has 1 rings (SSSR count). The van der Waals surface area contributed by atoms with E-state index in [1.54, 1.807) is 11.3 Å². The van der Waals surface area contributed by atoms with Crippen molar-refractivity contribution in [2.75, 3.05) is 13.2 Å². The van der Waals surface area contributed by atoms with Crippen LogP contribution in [0.3, 0.4) is 0 Å². The lowest BCUT2D eigenvalue weighted by Crippen LogP contribution is -2.44. The zero-order valence-corrected chi connectivity index (χ0v) is 14.2. The van der Waals surface area contributed by atoms with E-state index in [1.807, 2.05) is 5.38 Å². The molecule has 0 saturated carbocycles. The summed E-state index contributed by atoms with van der Waals surface area (Å²) < 4.78 is 0.